The molecule has 0 unspecified atom stereocenters. The second-order valence-electron chi connectivity index (χ2n) is 5.48. The minimum Gasteiger partial charge on any atom is -0.454 e. The van der Waals surface area contributed by atoms with Crippen LogP contribution in [0, 0.1) is 0 Å². The maximum absolute atomic E-state index is 12.1. The van der Waals surface area contributed by atoms with Crippen molar-refractivity contribution >= 4 is 11.6 Å². The molecule has 0 fully saturated rings. The highest BCUT2D eigenvalue weighted by atomic mass is 16.7. The van der Waals surface area contributed by atoms with E-state index >= 15 is 0 Å². The Hall–Kier alpha value is -3.35. The lowest BCUT2D eigenvalue weighted by molar-refractivity contribution is -0.116. The summed E-state index contributed by atoms with van der Waals surface area (Å²) in [6, 6.07) is 14.8. The molecule has 1 aliphatic rings. The third-order valence-electron chi connectivity index (χ3n) is 3.71. The number of carbonyl (C=O) groups excluding carboxylic acids is 1. The third kappa shape index (κ3) is 3.45. The number of aryl methyl sites for hydroxylation is 1. The topological polar surface area (TPSA) is 86.5 Å². The van der Waals surface area contributed by atoms with Gasteiger partial charge in [0.2, 0.25) is 24.5 Å². The Labute approximate surface area is 143 Å². The van der Waals surface area contributed by atoms with E-state index in [1.807, 2.05) is 30.3 Å². The molecule has 126 valence electrons. The highest BCUT2D eigenvalue weighted by Gasteiger charge is 2.15. The van der Waals surface area contributed by atoms with Gasteiger partial charge < -0.3 is 19.2 Å². The van der Waals surface area contributed by atoms with Gasteiger partial charge in [0.1, 0.15) is 0 Å². The summed E-state index contributed by atoms with van der Waals surface area (Å²) >= 11 is 0. The van der Waals surface area contributed by atoms with Crippen LogP contribution in [0.4, 0.5) is 5.69 Å². The Bertz CT molecular complexity index is 892. The van der Waals surface area contributed by atoms with Crippen LogP contribution in [0.1, 0.15) is 12.3 Å². The standard InChI is InChI=1S/C18H15N3O4/c22-16(19-13-6-7-14-15(10-13)24-11-23-14)8-9-17-20-21-18(25-17)12-4-2-1-3-5-12/h1-7,10H,8-9,11H2,(H,19,22). The molecular weight excluding hydrogens is 322 g/mol. The average molecular weight is 337 g/mol. The fraction of sp³-hybridized carbons (Fsp3) is 0.167. The minimum atomic E-state index is -0.140. The van der Waals surface area contributed by atoms with E-state index in [-0.39, 0.29) is 19.1 Å². The predicted molar refractivity (Wildman–Crippen MR) is 89.2 cm³/mol. The van der Waals surface area contributed by atoms with Gasteiger partial charge in [-0.15, -0.1) is 10.2 Å². The molecule has 0 atom stereocenters. The molecule has 1 aromatic heterocycles. The number of benzene rings is 2. The van der Waals surface area contributed by atoms with Crippen LogP contribution in [0.15, 0.2) is 52.9 Å². The zero-order valence-corrected chi connectivity index (χ0v) is 13.3. The van der Waals surface area contributed by atoms with Crippen molar-refractivity contribution in [2.75, 3.05) is 12.1 Å². The third-order valence-corrected chi connectivity index (χ3v) is 3.71. The Morgan fingerprint density at radius 3 is 2.76 bits per heavy atom. The summed E-state index contributed by atoms with van der Waals surface area (Å²) < 4.78 is 16.1. The van der Waals surface area contributed by atoms with Crippen molar-refractivity contribution in [1.29, 1.82) is 0 Å². The van der Waals surface area contributed by atoms with Gasteiger partial charge in [-0.25, -0.2) is 0 Å². The van der Waals surface area contributed by atoms with Crippen LogP contribution < -0.4 is 14.8 Å². The summed E-state index contributed by atoms with van der Waals surface area (Å²) in [6.07, 6.45) is 0.612. The number of amides is 1. The van der Waals surface area contributed by atoms with E-state index in [4.69, 9.17) is 13.9 Å². The van der Waals surface area contributed by atoms with Gasteiger partial charge in [0.15, 0.2) is 11.5 Å². The molecule has 25 heavy (non-hydrogen) atoms. The van der Waals surface area contributed by atoms with Crippen LogP contribution in [-0.2, 0) is 11.2 Å². The first-order valence-corrected chi connectivity index (χ1v) is 7.85. The number of hydrogen-bond donors (Lipinski definition) is 1. The van der Waals surface area contributed by atoms with Crippen LogP contribution in [-0.4, -0.2) is 22.9 Å². The molecule has 0 bridgehead atoms. The maximum atomic E-state index is 12.1. The molecule has 3 aromatic rings. The number of hydrogen-bond acceptors (Lipinski definition) is 6. The molecule has 0 saturated carbocycles. The molecule has 1 N–H and O–H groups in total. The average Bonchev–Trinajstić information content (AvgIpc) is 3.30. The van der Waals surface area contributed by atoms with Crippen molar-refractivity contribution in [1.82, 2.24) is 10.2 Å². The zero-order chi connectivity index (χ0) is 17.1. The van der Waals surface area contributed by atoms with Gasteiger partial charge in [-0.05, 0) is 24.3 Å². The Morgan fingerprint density at radius 2 is 1.88 bits per heavy atom. The predicted octanol–water partition coefficient (Wildman–Crippen LogP) is 3.04. The molecular formula is C18H15N3O4. The maximum Gasteiger partial charge on any atom is 0.247 e. The molecule has 0 radical (unpaired) electrons. The summed E-state index contributed by atoms with van der Waals surface area (Å²) in [7, 11) is 0. The molecule has 7 nitrogen and oxygen atoms in total. The van der Waals surface area contributed by atoms with Crippen molar-refractivity contribution in [3.05, 3.63) is 54.4 Å². The van der Waals surface area contributed by atoms with E-state index < -0.39 is 0 Å². The Balaban J connectivity index is 1.34. The quantitative estimate of drug-likeness (QED) is 0.770. The molecule has 0 aliphatic carbocycles. The van der Waals surface area contributed by atoms with E-state index in [1.54, 1.807) is 18.2 Å². The van der Waals surface area contributed by atoms with Gasteiger partial charge in [-0.2, -0.15) is 0 Å². The SMILES string of the molecule is O=C(CCc1nnc(-c2ccccc2)o1)Nc1ccc2c(c1)OCO2. The van der Waals surface area contributed by atoms with Crippen LogP contribution in [0.2, 0.25) is 0 Å². The monoisotopic (exact) mass is 337 g/mol. The van der Waals surface area contributed by atoms with Gasteiger partial charge >= 0.3 is 0 Å². The first kappa shape index (κ1) is 15.2. The fourth-order valence-electron chi connectivity index (χ4n) is 2.47. The van der Waals surface area contributed by atoms with Crippen LogP contribution in [0.3, 0.4) is 0 Å². The lowest BCUT2D eigenvalue weighted by atomic mass is 10.2. The number of fused-ring (bicyclic) bond motifs is 1. The molecule has 2 aromatic carbocycles. The first-order chi connectivity index (χ1) is 12.3. The van der Waals surface area contributed by atoms with E-state index in [9.17, 15) is 4.79 Å². The van der Waals surface area contributed by atoms with Crippen molar-refractivity contribution < 1.29 is 18.7 Å². The smallest absolute Gasteiger partial charge is 0.247 e. The van der Waals surface area contributed by atoms with Gasteiger partial charge in [-0.3, -0.25) is 4.79 Å². The number of nitrogens with one attached hydrogen (secondary N) is 1. The molecule has 7 heteroatoms. The number of anilines is 1. The number of rotatable bonds is 5. The lowest BCUT2D eigenvalue weighted by Gasteiger charge is -2.05. The highest BCUT2D eigenvalue weighted by molar-refractivity contribution is 5.91. The van der Waals surface area contributed by atoms with Gasteiger partial charge in [0.25, 0.3) is 0 Å². The summed E-state index contributed by atoms with van der Waals surface area (Å²) in [4.78, 5) is 12.1. The van der Waals surface area contributed by atoms with E-state index in [1.165, 1.54) is 0 Å². The Morgan fingerprint density at radius 1 is 1.04 bits per heavy atom. The van der Waals surface area contributed by atoms with Crippen molar-refractivity contribution in [3.8, 4) is 23.0 Å². The van der Waals surface area contributed by atoms with Crippen LogP contribution in [0.25, 0.3) is 11.5 Å². The summed E-state index contributed by atoms with van der Waals surface area (Å²) in [5, 5.41) is 10.8. The van der Waals surface area contributed by atoms with E-state index in [0.29, 0.717) is 35.4 Å². The van der Waals surface area contributed by atoms with Gasteiger partial charge in [-0.1, -0.05) is 18.2 Å². The van der Waals surface area contributed by atoms with Crippen molar-refractivity contribution in [2.24, 2.45) is 0 Å². The van der Waals surface area contributed by atoms with Gasteiger partial charge in [0.05, 0.1) is 0 Å². The fourth-order valence-corrected chi connectivity index (χ4v) is 2.47. The molecule has 0 spiro atoms. The minimum absolute atomic E-state index is 0.140. The number of ether oxygens (including phenoxy) is 2. The number of carbonyl (C=O) groups is 1. The summed E-state index contributed by atoms with van der Waals surface area (Å²) in [5.41, 5.74) is 1.51. The summed E-state index contributed by atoms with van der Waals surface area (Å²) in [6.45, 7) is 0.202. The Kier molecular flexibility index (Phi) is 4.04. The first-order valence-electron chi connectivity index (χ1n) is 7.85. The molecule has 4 rings (SSSR count). The van der Waals surface area contributed by atoms with E-state index in [2.05, 4.69) is 15.5 Å². The second kappa shape index (κ2) is 6.64. The van der Waals surface area contributed by atoms with Gasteiger partial charge in [0, 0.05) is 30.2 Å². The van der Waals surface area contributed by atoms with Crippen molar-refractivity contribution in [2.45, 2.75) is 12.8 Å². The summed E-state index contributed by atoms with van der Waals surface area (Å²) in [5.74, 6) is 2.05. The molecule has 1 amide bonds. The largest absolute Gasteiger partial charge is 0.454 e. The normalized spacial score (nSPS) is 12.2. The zero-order valence-electron chi connectivity index (χ0n) is 13.3. The molecule has 0 saturated heterocycles. The van der Waals surface area contributed by atoms with Crippen LogP contribution >= 0.6 is 0 Å². The van der Waals surface area contributed by atoms with E-state index in [0.717, 1.165) is 5.56 Å². The van der Waals surface area contributed by atoms with Crippen LogP contribution in [0.5, 0.6) is 11.5 Å². The highest BCUT2D eigenvalue weighted by Crippen LogP contribution is 2.34. The molecule has 1 aliphatic heterocycles. The number of aromatic nitrogens is 2. The second-order valence-corrected chi connectivity index (χ2v) is 5.48. The van der Waals surface area contributed by atoms with Crippen molar-refractivity contribution in [3.63, 3.8) is 0 Å². The number of nitrogens with zero attached hydrogens (tertiary/aromatic N) is 2. The lowest BCUT2D eigenvalue weighted by Crippen LogP contribution is -2.12. The molecule has 2 heterocycles.